The third kappa shape index (κ3) is 5.21. The smallest absolute Gasteiger partial charge is 0.0980 e. The lowest BCUT2D eigenvalue weighted by molar-refractivity contribution is 1.17. The van der Waals surface area contributed by atoms with Gasteiger partial charge in [-0.05, 0) is 78.2 Å². The van der Waals surface area contributed by atoms with Gasteiger partial charge in [0.15, 0.2) is 0 Å². The second-order valence-corrected chi connectivity index (χ2v) is 16.9. The molecule has 14 aromatic rings. The molecule has 0 bridgehead atoms. The Morgan fingerprint density at radius 2 is 0.785 bits per heavy atom. The molecule has 14 rings (SSSR count). The van der Waals surface area contributed by atoms with Crippen molar-refractivity contribution in [2.24, 2.45) is 0 Å². The van der Waals surface area contributed by atoms with E-state index in [1.807, 2.05) is 12.1 Å². The van der Waals surface area contributed by atoms with E-state index in [1.165, 1.54) is 54.4 Å². The Balaban J connectivity index is 1.05. The summed E-state index contributed by atoms with van der Waals surface area (Å²) in [5, 5.41) is 9.62. The Morgan fingerprint density at radius 1 is 0.292 bits per heavy atom. The van der Waals surface area contributed by atoms with E-state index >= 15 is 0 Å². The van der Waals surface area contributed by atoms with Crippen molar-refractivity contribution in [3.8, 4) is 39.6 Å². The van der Waals surface area contributed by atoms with Crippen molar-refractivity contribution in [3.05, 3.63) is 224 Å². The molecular weight excluding hydrogens is 791 g/mol. The number of para-hydroxylation sites is 7. The molecule has 5 nitrogen and oxygen atoms in total. The third-order valence-electron chi connectivity index (χ3n) is 13.4. The van der Waals surface area contributed by atoms with Crippen LogP contribution in [0.5, 0.6) is 0 Å². The van der Waals surface area contributed by atoms with Crippen LogP contribution in [0.2, 0.25) is 0 Å². The summed E-state index contributed by atoms with van der Waals surface area (Å²) < 4.78 is 7.30. The highest BCUT2D eigenvalue weighted by Gasteiger charge is 2.24. The van der Waals surface area contributed by atoms with E-state index in [-0.39, 0.29) is 0 Å². The van der Waals surface area contributed by atoms with Crippen LogP contribution in [0.4, 0.5) is 0 Å². The zero-order valence-corrected chi connectivity index (χ0v) is 35.1. The van der Waals surface area contributed by atoms with E-state index in [1.54, 1.807) is 0 Å². The van der Waals surface area contributed by atoms with E-state index in [0.717, 1.165) is 72.4 Å². The van der Waals surface area contributed by atoms with E-state index in [9.17, 15) is 0 Å². The Hall–Kier alpha value is -8.80. The second kappa shape index (κ2) is 13.9. The van der Waals surface area contributed by atoms with Gasteiger partial charge in [-0.3, -0.25) is 0 Å². The van der Waals surface area contributed by atoms with Crippen LogP contribution < -0.4 is 0 Å². The van der Waals surface area contributed by atoms with Crippen molar-refractivity contribution in [2.75, 3.05) is 0 Å². The lowest BCUT2D eigenvalue weighted by atomic mass is 9.98. The fraction of sp³-hybridized carbons (Fsp3) is 0. The molecule has 4 heterocycles. The fourth-order valence-electron chi connectivity index (χ4n) is 10.7. The van der Waals surface area contributed by atoms with Crippen molar-refractivity contribution in [1.29, 1.82) is 0 Å². The first-order chi connectivity index (χ1) is 32.3. The van der Waals surface area contributed by atoms with Gasteiger partial charge < -0.3 is 13.7 Å². The maximum Gasteiger partial charge on any atom is 0.0980 e. The van der Waals surface area contributed by atoms with Gasteiger partial charge in [-0.2, -0.15) is 0 Å². The van der Waals surface area contributed by atoms with Gasteiger partial charge >= 0.3 is 0 Å². The summed E-state index contributed by atoms with van der Waals surface area (Å²) >= 11 is 0. The van der Waals surface area contributed by atoms with Gasteiger partial charge in [-0.25, -0.2) is 9.97 Å². The van der Waals surface area contributed by atoms with E-state index in [4.69, 9.17) is 9.97 Å². The van der Waals surface area contributed by atoms with Gasteiger partial charge in [0.05, 0.1) is 61.2 Å². The van der Waals surface area contributed by atoms with Crippen molar-refractivity contribution >= 4 is 87.2 Å². The van der Waals surface area contributed by atoms with Gasteiger partial charge in [0, 0.05) is 60.2 Å². The molecule has 0 unspecified atom stereocenters. The average molecular weight is 828 g/mol. The lowest BCUT2D eigenvalue weighted by Gasteiger charge is -2.16. The SMILES string of the molecule is c1ccc(-n2c3ccccc3c3c(-c4nc5ccccc5nc4-c4cccc(-n5c6ccccc6c6c(-n7c8ccccc8c8ccccc87)c7ccccc7cc65)c4)cccc32)cc1. The van der Waals surface area contributed by atoms with Crippen LogP contribution in [0.15, 0.2) is 224 Å². The number of fused-ring (bicyclic) bond motifs is 11. The van der Waals surface area contributed by atoms with Gasteiger partial charge in [-0.1, -0.05) is 152 Å². The molecule has 0 aliphatic carbocycles. The van der Waals surface area contributed by atoms with Crippen LogP contribution in [0.1, 0.15) is 0 Å². The summed E-state index contributed by atoms with van der Waals surface area (Å²) in [7, 11) is 0. The van der Waals surface area contributed by atoms with E-state index in [0.29, 0.717) is 0 Å². The Bertz CT molecular complexity index is 4190. The van der Waals surface area contributed by atoms with Gasteiger partial charge in [-0.15, -0.1) is 0 Å². The number of hydrogen-bond acceptors (Lipinski definition) is 2. The third-order valence-corrected chi connectivity index (χ3v) is 13.4. The molecule has 0 saturated heterocycles. The molecule has 5 heteroatoms. The van der Waals surface area contributed by atoms with Crippen molar-refractivity contribution in [1.82, 2.24) is 23.7 Å². The zero-order valence-electron chi connectivity index (χ0n) is 35.1. The summed E-state index contributed by atoms with van der Waals surface area (Å²) in [6.07, 6.45) is 0. The maximum atomic E-state index is 5.50. The van der Waals surface area contributed by atoms with Crippen LogP contribution in [0, 0.1) is 0 Å². The predicted molar refractivity (Wildman–Crippen MR) is 271 cm³/mol. The highest BCUT2D eigenvalue weighted by Crippen LogP contribution is 2.45. The topological polar surface area (TPSA) is 40.6 Å². The second-order valence-electron chi connectivity index (χ2n) is 16.9. The molecule has 10 aromatic carbocycles. The van der Waals surface area contributed by atoms with Crippen molar-refractivity contribution in [3.63, 3.8) is 0 Å². The normalized spacial score (nSPS) is 12.0. The maximum absolute atomic E-state index is 5.50. The van der Waals surface area contributed by atoms with E-state index in [2.05, 4.69) is 226 Å². The fourth-order valence-corrected chi connectivity index (χ4v) is 10.7. The standard InChI is InChI=1S/C60H37N5/c1-2-20-40(21-3-1)63-52-33-14-8-26-45(52)56-47(28-17-35-54(56)63)59-58(61-48-29-10-11-30-49(48)62-59)39-19-16-22-41(36-39)64-53-34-15-9-27-46(53)57-55(64)37-38-18-4-5-23-42(38)60(57)65-50-31-12-6-24-43(50)44-25-7-13-32-51(44)65/h1-37H. The first-order valence-electron chi connectivity index (χ1n) is 22.2. The van der Waals surface area contributed by atoms with Crippen molar-refractivity contribution < 1.29 is 0 Å². The minimum atomic E-state index is 0.840. The molecule has 0 atom stereocenters. The highest BCUT2D eigenvalue weighted by atomic mass is 15.0. The molecule has 65 heavy (non-hydrogen) atoms. The van der Waals surface area contributed by atoms with Gasteiger partial charge in [0.2, 0.25) is 0 Å². The van der Waals surface area contributed by atoms with Crippen LogP contribution >= 0.6 is 0 Å². The van der Waals surface area contributed by atoms with Crippen LogP contribution in [0.3, 0.4) is 0 Å². The Kier molecular flexibility index (Phi) is 7.62. The number of benzene rings is 10. The van der Waals surface area contributed by atoms with Crippen LogP contribution in [-0.2, 0) is 0 Å². The minimum absolute atomic E-state index is 0.840. The predicted octanol–water partition coefficient (Wildman–Crippen LogP) is 15.4. The molecular formula is C60H37N5. The molecule has 0 saturated carbocycles. The average Bonchev–Trinajstić information content (AvgIpc) is 4.01. The van der Waals surface area contributed by atoms with E-state index < -0.39 is 0 Å². The first-order valence-corrected chi connectivity index (χ1v) is 22.2. The van der Waals surface area contributed by atoms with Gasteiger partial charge in [0.25, 0.3) is 0 Å². The minimum Gasteiger partial charge on any atom is -0.309 e. The van der Waals surface area contributed by atoms with Crippen LogP contribution in [0.25, 0.3) is 127 Å². The molecule has 302 valence electrons. The molecule has 0 fully saturated rings. The van der Waals surface area contributed by atoms with Crippen molar-refractivity contribution in [2.45, 2.75) is 0 Å². The Morgan fingerprint density at radius 3 is 1.48 bits per heavy atom. The van der Waals surface area contributed by atoms with Crippen LogP contribution in [-0.4, -0.2) is 23.7 Å². The lowest BCUT2D eigenvalue weighted by Crippen LogP contribution is -1.99. The summed E-state index contributed by atoms with van der Waals surface area (Å²) in [4.78, 5) is 11.0. The van der Waals surface area contributed by atoms with Gasteiger partial charge in [0.1, 0.15) is 0 Å². The quantitative estimate of drug-likeness (QED) is 0.173. The number of aromatic nitrogens is 5. The zero-order chi connectivity index (χ0) is 42.6. The molecule has 4 aromatic heterocycles. The monoisotopic (exact) mass is 827 g/mol. The highest BCUT2D eigenvalue weighted by molar-refractivity contribution is 6.22. The summed E-state index contributed by atoms with van der Waals surface area (Å²) in [6, 6.07) is 80.7. The molecule has 0 aliphatic heterocycles. The molecule has 0 amide bonds. The molecule has 0 spiro atoms. The summed E-state index contributed by atoms with van der Waals surface area (Å²) in [5.41, 5.74) is 15.7. The Labute approximate surface area is 373 Å². The molecule has 0 N–H and O–H groups in total. The summed E-state index contributed by atoms with van der Waals surface area (Å²) in [6.45, 7) is 0. The molecule has 0 radical (unpaired) electrons. The number of nitrogens with zero attached hydrogens (tertiary/aromatic N) is 5. The summed E-state index contributed by atoms with van der Waals surface area (Å²) in [5.74, 6) is 0. The number of rotatable bonds is 5. The first kappa shape index (κ1) is 35.8. The largest absolute Gasteiger partial charge is 0.309 e. The number of hydrogen-bond donors (Lipinski definition) is 0. The molecule has 0 aliphatic rings.